The van der Waals surface area contributed by atoms with Gasteiger partial charge in [-0.25, -0.2) is 8.42 Å². The summed E-state index contributed by atoms with van der Waals surface area (Å²) in [5, 5.41) is 2.79. The summed E-state index contributed by atoms with van der Waals surface area (Å²) in [5.74, 6) is 0.333. The van der Waals surface area contributed by atoms with Gasteiger partial charge in [0.25, 0.3) is 5.91 Å². The molecule has 1 aliphatic rings. The van der Waals surface area contributed by atoms with E-state index < -0.39 is 10.0 Å². The van der Waals surface area contributed by atoms with E-state index in [0.29, 0.717) is 30.1 Å². The van der Waals surface area contributed by atoms with Crippen molar-refractivity contribution in [3.05, 3.63) is 29.8 Å². The largest absolute Gasteiger partial charge is 0.350 e. The highest BCUT2D eigenvalue weighted by Crippen LogP contribution is 2.31. The van der Waals surface area contributed by atoms with Crippen LogP contribution in [0.5, 0.6) is 0 Å². The van der Waals surface area contributed by atoms with Gasteiger partial charge in [0.1, 0.15) is 0 Å². The monoisotopic (exact) mass is 361 g/mol. The molecule has 1 unspecified atom stereocenters. The van der Waals surface area contributed by atoms with E-state index in [-0.39, 0.29) is 30.1 Å². The third-order valence-corrected chi connectivity index (χ3v) is 5.09. The van der Waals surface area contributed by atoms with E-state index in [9.17, 15) is 13.2 Å². The van der Waals surface area contributed by atoms with Gasteiger partial charge in [0.15, 0.2) is 0 Å². The van der Waals surface area contributed by atoms with E-state index in [1.165, 1.54) is 6.07 Å². The van der Waals surface area contributed by atoms with Gasteiger partial charge in [0.05, 0.1) is 5.75 Å². The molecule has 1 aliphatic carbocycles. The molecule has 0 saturated heterocycles. The van der Waals surface area contributed by atoms with E-state index in [1.54, 1.807) is 25.1 Å². The fraction of sp³-hybridized carbons (Fsp3) is 0.533. The summed E-state index contributed by atoms with van der Waals surface area (Å²) in [5.41, 5.74) is 6.76. The first-order chi connectivity index (χ1) is 10.4. The zero-order valence-corrected chi connectivity index (χ0v) is 14.8. The summed E-state index contributed by atoms with van der Waals surface area (Å²) in [7, 11) is -3.36. The van der Waals surface area contributed by atoms with E-state index in [4.69, 9.17) is 5.73 Å². The third kappa shape index (κ3) is 6.37. The van der Waals surface area contributed by atoms with Crippen LogP contribution in [0.25, 0.3) is 0 Å². The molecule has 2 rings (SSSR count). The number of nitrogens with one attached hydrogen (secondary N) is 2. The molecule has 0 bridgehead atoms. The Morgan fingerprint density at radius 3 is 2.70 bits per heavy atom. The quantitative estimate of drug-likeness (QED) is 0.656. The van der Waals surface area contributed by atoms with Crippen molar-refractivity contribution in [2.75, 3.05) is 17.0 Å². The van der Waals surface area contributed by atoms with E-state index in [1.807, 2.05) is 0 Å². The molecule has 1 saturated carbocycles. The number of sulfonamides is 1. The van der Waals surface area contributed by atoms with Crippen molar-refractivity contribution in [3.63, 3.8) is 0 Å². The van der Waals surface area contributed by atoms with Crippen molar-refractivity contribution < 1.29 is 13.2 Å². The molecule has 1 atom stereocenters. The van der Waals surface area contributed by atoms with E-state index in [2.05, 4.69) is 10.0 Å². The Morgan fingerprint density at radius 1 is 1.39 bits per heavy atom. The van der Waals surface area contributed by atoms with Crippen LogP contribution in [0.4, 0.5) is 5.69 Å². The molecule has 0 spiro atoms. The number of hydrogen-bond acceptors (Lipinski definition) is 4. The van der Waals surface area contributed by atoms with Gasteiger partial charge < -0.3 is 11.1 Å². The molecule has 1 aromatic carbocycles. The molecule has 6 nitrogen and oxygen atoms in total. The van der Waals surface area contributed by atoms with Crippen molar-refractivity contribution in [1.82, 2.24) is 5.32 Å². The molecule has 0 aromatic heterocycles. The Balaban J connectivity index is 0.00000264. The number of halogens is 1. The molecule has 1 fully saturated rings. The Bertz CT molecular complexity index is 633. The van der Waals surface area contributed by atoms with Crippen LogP contribution in [0.15, 0.2) is 24.3 Å². The lowest BCUT2D eigenvalue weighted by Gasteiger charge is -2.12. The number of anilines is 1. The Kier molecular flexibility index (Phi) is 7.31. The van der Waals surface area contributed by atoms with E-state index in [0.717, 1.165) is 12.8 Å². The van der Waals surface area contributed by atoms with Gasteiger partial charge in [-0.1, -0.05) is 13.0 Å². The number of carbonyl (C=O) groups excluding carboxylic acids is 1. The summed E-state index contributed by atoms with van der Waals surface area (Å²) in [6.07, 6.45) is 2.80. The van der Waals surface area contributed by atoms with Crippen molar-refractivity contribution in [3.8, 4) is 0 Å². The van der Waals surface area contributed by atoms with Gasteiger partial charge in [0, 0.05) is 23.8 Å². The molecule has 0 radical (unpaired) electrons. The maximum atomic E-state index is 12.1. The Labute approximate surface area is 143 Å². The van der Waals surface area contributed by atoms with Crippen LogP contribution in [0.2, 0.25) is 0 Å². The Hall–Kier alpha value is -1.31. The molecule has 23 heavy (non-hydrogen) atoms. The van der Waals surface area contributed by atoms with Crippen LogP contribution in [-0.2, 0) is 10.0 Å². The van der Waals surface area contributed by atoms with Crippen LogP contribution in [0.1, 0.15) is 36.5 Å². The molecular formula is C15H24ClN3O3S. The predicted octanol–water partition coefficient (Wildman–Crippen LogP) is 1.73. The van der Waals surface area contributed by atoms with Crippen LogP contribution in [0.3, 0.4) is 0 Å². The van der Waals surface area contributed by atoms with Crippen molar-refractivity contribution in [2.45, 2.75) is 32.2 Å². The minimum Gasteiger partial charge on any atom is -0.350 e. The number of carbonyl (C=O) groups is 1. The SMILES string of the molecule is CCCS(=O)(=O)Nc1cccc(C(=O)NCC(N)C2CC2)c1.Cl. The van der Waals surface area contributed by atoms with Gasteiger partial charge >= 0.3 is 0 Å². The smallest absolute Gasteiger partial charge is 0.251 e. The van der Waals surface area contributed by atoms with Crippen molar-refractivity contribution in [2.24, 2.45) is 11.7 Å². The average Bonchev–Trinajstić information content (AvgIpc) is 3.28. The van der Waals surface area contributed by atoms with Gasteiger partial charge in [0.2, 0.25) is 10.0 Å². The maximum Gasteiger partial charge on any atom is 0.251 e. The first-order valence-electron chi connectivity index (χ1n) is 7.55. The highest BCUT2D eigenvalue weighted by atomic mass is 35.5. The highest BCUT2D eigenvalue weighted by Gasteiger charge is 2.28. The molecule has 130 valence electrons. The summed E-state index contributed by atoms with van der Waals surface area (Å²) in [6.45, 7) is 2.24. The highest BCUT2D eigenvalue weighted by molar-refractivity contribution is 7.92. The van der Waals surface area contributed by atoms with Crippen molar-refractivity contribution in [1.29, 1.82) is 0 Å². The second kappa shape index (κ2) is 8.52. The van der Waals surface area contributed by atoms with Crippen LogP contribution >= 0.6 is 12.4 Å². The second-order valence-electron chi connectivity index (χ2n) is 5.71. The summed E-state index contributed by atoms with van der Waals surface area (Å²) in [4.78, 5) is 12.1. The zero-order valence-electron chi connectivity index (χ0n) is 13.1. The summed E-state index contributed by atoms with van der Waals surface area (Å²) >= 11 is 0. The number of amides is 1. The van der Waals surface area contributed by atoms with Crippen molar-refractivity contribution >= 4 is 34.0 Å². The standard InChI is InChI=1S/C15H23N3O3S.ClH/c1-2-8-22(20,21)18-13-5-3-4-12(9-13)15(19)17-10-14(16)11-6-7-11;/h3-5,9,11,14,18H,2,6-8,10,16H2,1H3,(H,17,19);1H. The second-order valence-corrected chi connectivity index (χ2v) is 7.55. The topological polar surface area (TPSA) is 101 Å². The molecule has 1 aromatic rings. The molecule has 1 amide bonds. The summed E-state index contributed by atoms with van der Waals surface area (Å²) in [6, 6.07) is 6.45. The number of nitrogens with two attached hydrogens (primary N) is 1. The van der Waals surface area contributed by atoms with Crippen LogP contribution in [0, 0.1) is 5.92 Å². The van der Waals surface area contributed by atoms with Gasteiger partial charge in [-0.2, -0.15) is 0 Å². The van der Waals surface area contributed by atoms with Crippen LogP contribution < -0.4 is 15.8 Å². The molecule has 0 aliphatic heterocycles. The lowest BCUT2D eigenvalue weighted by Crippen LogP contribution is -2.38. The fourth-order valence-corrected chi connectivity index (χ4v) is 3.35. The number of benzene rings is 1. The third-order valence-electron chi connectivity index (χ3n) is 3.60. The predicted molar refractivity (Wildman–Crippen MR) is 94.4 cm³/mol. The first kappa shape index (κ1) is 19.7. The molecular weight excluding hydrogens is 338 g/mol. The van der Waals surface area contributed by atoms with Crippen LogP contribution in [-0.4, -0.2) is 32.7 Å². The van der Waals surface area contributed by atoms with Gasteiger partial charge in [-0.3, -0.25) is 9.52 Å². The van der Waals surface area contributed by atoms with E-state index >= 15 is 0 Å². The lowest BCUT2D eigenvalue weighted by molar-refractivity contribution is 0.0950. The maximum absolute atomic E-state index is 12.1. The minimum absolute atomic E-state index is 0. The molecule has 4 N–H and O–H groups in total. The zero-order chi connectivity index (χ0) is 16.2. The Morgan fingerprint density at radius 2 is 2.09 bits per heavy atom. The normalized spacial score (nSPS) is 15.4. The number of rotatable bonds is 8. The average molecular weight is 362 g/mol. The molecule has 0 heterocycles. The number of hydrogen-bond donors (Lipinski definition) is 3. The van der Waals surface area contributed by atoms with Gasteiger partial charge in [-0.05, 0) is 43.4 Å². The minimum atomic E-state index is -3.36. The fourth-order valence-electron chi connectivity index (χ4n) is 2.23. The lowest BCUT2D eigenvalue weighted by atomic mass is 10.1. The van der Waals surface area contributed by atoms with Gasteiger partial charge in [-0.15, -0.1) is 12.4 Å². The first-order valence-corrected chi connectivity index (χ1v) is 9.21. The molecule has 8 heteroatoms. The summed E-state index contributed by atoms with van der Waals surface area (Å²) < 4.78 is 26.0.